The first-order valence-corrected chi connectivity index (χ1v) is 8.31. The predicted octanol–water partition coefficient (Wildman–Crippen LogP) is 2.09. The third-order valence-corrected chi connectivity index (χ3v) is 4.13. The number of carbonyl (C=O) groups excluding carboxylic acids is 1. The molecule has 130 valence electrons. The molecule has 0 spiro atoms. The third kappa shape index (κ3) is 5.14. The Morgan fingerprint density at radius 2 is 2.25 bits per heavy atom. The van der Waals surface area contributed by atoms with Crippen LogP contribution in [0.25, 0.3) is 0 Å². The first-order chi connectivity index (χ1) is 11.6. The van der Waals surface area contributed by atoms with Crippen LogP contribution in [0.2, 0.25) is 0 Å². The van der Waals surface area contributed by atoms with Gasteiger partial charge in [0, 0.05) is 38.5 Å². The second-order valence-electron chi connectivity index (χ2n) is 5.97. The van der Waals surface area contributed by atoms with Crippen LogP contribution in [0.5, 0.6) is 11.5 Å². The number of carbonyl (C=O) groups is 1. The van der Waals surface area contributed by atoms with Crippen molar-refractivity contribution in [3.8, 4) is 17.6 Å². The highest BCUT2D eigenvalue weighted by Crippen LogP contribution is 2.29. The molecule has 1 unspecified atom stereocenters. The van der Waals surface area contributed by atoms with Crippen molar-refractivity contribution in [3.63, 3.8) is 0 Å². The lowest BCUT2D eigenvalue weighted by molar-refractivity contribution is -0.121. The maximum Gasteiger partial charge on any atom is 0.221 e. The number of benzene rings is 1. The van der Waals surface area contributed by atoms with Gasteiger partial charge in [-0.3, -0.25) is 9.69 Å². The van der Waals surface area contributed by atoms with Crippen molar-refractivity contribution >= 4 is 5.91 Å². The number of nitrogens with one attached hydrogen (secondary N) is 1. The molecule has 0 aromatic heterocycles. The third-order valence-electron chi connectivity index (χ3n) is 4.13. The van der Waals surface area contributed by atoms with Crippen LogP contribution < -0.4 is 14.8 Å². The number of nitriles is 1. The highest BCUT2D eigenvalue weighted by molar-refractivity contribution is 5.76. The van der Waals surface area contributed by atoms with Crippen LogP contribution in [-0.4, -0.2) is 43.7 Å². The molecule has 0 aliphatic carbocycles. The number of hydrogen-bond donors (Lipinski definition) is 1. The van der Waals surface area contributed by atoms with Gasteiger partial charge in [-0.05, 0) is 31.0 Å². The van der Waals surface area contributed by atoms with Crippen molar-refractivity contribution in [1.82, 2.24) is 10.2 Å². The van der Waals surface area contributed by atoms with Gasteiger partial charge in [0.2, 0.25) is 5.91 Å². The Balaban J connectivity index is 2.04. The molecule has 0 radical (unpaired) electrons. The molecule has 2 rings (SSSR count). The molecule has 1 aromatic rings. The van der Waals surface area contributed by atoms with Gasteiger partial charge in [0.25, 0.3) is 0 Å². The molecule has 1 fully saturated rings. The Labute approximate surface area is 143 Å². The predicted molar refractivity (Wildman–Crippen MR) is 90.8 cm³/mol. The number of unbranched alkanes of at least 4 members (excludes halogenated alkanes) is 1. The zero-order chi connectivity index (χ0) is 17.4. The number of amides is 1. The van der Waals surface area contributed by atoms with E-state index in [0.717, 1.165) is 18.7 Å². The fraction of sp³-hybridized carbons (Fsp3) is 0.556. The minimum absolute atomic E-state index is 0.112. The monoisotopic (exact) mass is 331 g/mol. The van der Waals surface area contributed by atoms with Crippen LogP contribution in [0, 0.1) is 11.3 Å². The van der Waals surface area contributed by atoms with E-state index in [1.165, 1.54) is 0 Å². The largest absolute Gasteiger partial charge is 0.493 e. The summed E-state index contributed by atoms with van der Waals surface area (Å²) in [6, 6.07) is 8.22. The molecule has 1 saturated heterocycles. The van der Waals surface area contributed by atoms with Crippen LogP contribution in [0.1, 0.15) is 31.7 Å². The fourth-order valence-corrected chi connectivity index (χ4v) is 2.76. The van der Waals surface area contributed by atoms with Gasteiger partial charge in [0.1, 0.15) is 0 Å². The number of rotatable bonds is 7. The molecule has 6 heteroatoms. The van der Waals surface area contributed by atoms with Crippen LogP contribution in [0.15, 0.2) is 18.2 Å². The molecule has 1 heterocycles. The Bertz CT molecular complexity index is 598. The summed E-state index contributed by atoms with van der Waals surface area (Å²) >= 11 is 0. The standard InChI is InChI=1S/C18H25N3O3/c1-14-11-18(22)20-8-9-21(14)13-15-5-6-16(23-2)17(12-15)24-10-4-3-7-19/h5-6,12,14H,3-4,8-11,13H2,1-2H3,(H,20,22). The van der Waals surface area contributed by atoms with Crippen molar-refractivity contribution in [1.29, 1.82) is 5.26 Å². The van der Waals surface area contributed by atoms with Crippen LogP contribution in [0.4, 0.5) is 0 Å². The zero-order valence-electron chi connectivity index (χ0n) is 14.4. The molecular weight excluding hydrogens is 306 g/mol. The lowest BCUT2D eigenvalue weighted by Gasteiger charge is -2.26. The van der Waals surface area contributed by atoms with Crippen LogP contribution in [-0.2, 0) is 11.3 Å². The molecule has 1 aliphatic heterocycles. The minimum atomic E-state index is 0.112. The fourth-order valence-electron chi connectivity index (χ4n) is 2.76. The highest BCUT2D eigenvalue weighted by Gasteiger charge is 2.21. The van der Waals surface area contributed by atoms with E-state index in [-0.39, 0.29) is 11.9 Å². The van der Waals surface area contributed by atoms with E-state index < -0.39 is 0 Å². The minimum Gasteiger partial charge on any atom is -0.493 e. The smallest absolute Gasteiger partial charge is 0.221 e. The summed E-state index contributed by atoms with van der Waals surface area (Å²) in [7, 11) is 1.62. The Kier molecular flexibility index (Phi) is 6.89. The number of ether oxygens (including phenoxy) is 2. The van der Waals surface area contributed by atoms with Crippen molar-refractivity contribution < 1.29 is 14.3 Å². The first kappa shape index (κ1) is 18.1. The molecule has 1 aliphatic rings. The van der Waals surface area contributed by atoms with Gasteiger partial charge in [-0.2, -0.15) is 5.26 Å². The lowest BCUT2D eigenvalue weighted by Crippen LogP contribution is -2.33. The summed E-state index contributed by atoms with van der Waals surface area (Å²) in [5, 5.41) is 11.5. The molecule has 6 nitrogen and oxygen atoms in total. The number of methoxy groups -OCH3 is 1. The molecule has 0 saturated carbocycles. The van der Waals surface area contributed by atoms with Gasteiger partial charge < -0.3 is 14.8 Å². The van der Waals surface area contributed by atoms with Crippen molar-refractivity contribution in [2.24, 2.45) is 0 Å². The number of hydrogen-bond acceptors (Lipinski definition) is 5. The zero-order valence-corrected chi connectivity index (χ0v) is 14.4. The van der Waals surface area contributed by atoms with Crippen LogP contribution >= 0.6 is 0 Å². The van der Waals surface area contributed by atoms with Crippen LogP contribution in [0.3, 0.4) is 0 Å². The SMILES string of the molecule is COc1ccc(CN2CCNC(=O)CC2C)cc1OCCCC#N. The summed E-state index contributed by atoms with van der Waals surface area (Å²) in [5.41, 5.74) is 1.12. The Morgan fingerprint density at radius 3 is 3.00 bits per heavy atom. The van der Waals surface area contributed by atoms with E-state index >= 15 is 0 Å². The maximum atomic E-state index is 11.6. The normalized spacial score (nSPS) is 18.4. The average molecular weight is 331 g/mol. The van der Waals surface area contributed by atoms with E-state index in [2.05, 4.69) is 23.2 Å². The maximum absolute atomic E-state index is 11.6. The summed E-state index contributed by atoms with van der Waals surface area (Å²) < 4.78 is 11.1. The second kappa shape index (κ2) is 9.14. The highest BCUT2D eigenvalue weighted by atomic mass is 16.5. The molecule has 1 amide bonds. The van der Waals surface area contributed by atoms with E-state index in [0.29, 0.717) is 43.9 Å². The molecule has 0 bridgehead atoms. The van der Waals surface area contributed by atoms with Gasteiger partial charge in [0.05, 0.1) is 19.8 Å². The molecule has 1 N–H and O–H groups in total. The van der Waals surface area contributed by atoms with Crippen molar-refractivity contribution in [3.05, 3.63) is 23.8 Å². The van der Waals surface area contributed by atoms with E-state index in [4.69, 9.17) is 14.7 Å². The molecule has 1 atom stereocenters. The van der Waals surface area contributed by atoms with E-state index in [9.17, 15) is 4.79 Å². The lowest BCUT2D eigenvalue weighted by atomic mass is 10.1. The first-order valence-electron chi connectivity index (χ1n) is 8.31. The van der Waals surface area contributed by atoms with Gasteiger partial charge in [-0.25, -0.2) is 0 Å². The molecule has 1 aromatic carbocycles. The Morgan fingerprint density at radius 1 is 1.42 bits per heavy atom. The van der Waals surface area contributed by atoms with Crippen molar-refractivity contribution in [2.45, 2.75) is 38.8 Å². The van der Waals surface area contributed by atoms with Crippen molar-refractivity contribution in [2.75, 3.05) is 26.8 Å². The van der Waals surface area contributed by atoms with Gasteiger partial charge in [0.15, 0.2) is 11.5 Å². The summed E-state index contributed by atoms with van der Waals surface area (Å²) in [6.07, 6.45) is 1.70. The topological polar surface area (TPSA) is 74.6 Å². The second-order valence-corrected chi connectivity index (χ2v) is 5.97. The van der Waals surface area contributed by atoms with Gasteiger partial charge in [-0.15, -0.1) is 0 Å². The molecule has 24 heavy (non-hydrogen) atoms. The van der Waals surface area contributed by atoms with E-state index in [1.807, 2.05) is 18.2 Å². The summed E-state index contributed by atoms with van der Waals surface area (Å²) in [4.78, 5) is 13.9. The Hall–Kier alpha value is -2.26. The summed E-state index contributed by atoms with van der Waals surface area (Å²) in [6.45, 7) is 4.84. The quantitative estimate of drug-likeness (QED) is 0.774. The summed E-state index contributed by atoms with van der Waals surface area (Å²) in [5.74, 6) is 1.50. The average Bonchev–Trinajstić information content (AvgIpc) is 2.72. The van der Waals surface area contributed by atoms with Gasteiger partial charge in [-0.1, -0.05) is 6.07 Å². The van der Waals surface area contributed by atoms with Gasteiger partial charge >= 0.3 is 0 Å². The molecular formula is C18H25N3O3. The van der Waals surface area contributed by atoms with E-state index in [1.54, 1.807) is 7.11 Å². The number of nitrogens with zero attached hydrogens (tertiary/aromatic N) is 2.